The van der Waals surface area contributed by atoms with Gasteiger partial charge in [0.2, 0.25) is 0 Å². The molecule has 0 saturated carbocycles. The van der Waals surface area contributed by atoms with E-state index in [0.29, 0.717) is 6.04 Å². The minimum atomic E-state index is 0.422. The molecule has 1 aromatic heterocycles. The van der Waals surface area contributed by atoms with Gasteiger partial charge < -0.3 is 10.1 Å². The van der Waals surface area contributed by atoms with Crippen LogP contribution in [-0.2, 0) is 11.2 Å². The van der Waals surface area contributed by atoms with Crippen molar-refractivity contribution in [2.24, 2.45) is 0 Å². The van der Waals surface area contributed by atoms with Crippen LogP contribution >= 0.6 is 15.9 Å². The van der Waals surface area contributed by atoms with Crippen molar-refractivity contribution >= 4 is 15.9 Å². The summed E-state index contributed by atoms with van der Waals surface area (Å²) in [7, 11) is 1.75. The molecule has 1 aromatic rings. The average Bonchev–Trinajstić information content (AvgIpc) is 2.35. The Balaban J connectivity index is 2.37. The molecule has 0 bridgehead atoms. The first-order valence-electron chi connectivity index (χ1n) is 6.09. The molecule has 0 fully saturated rings. The summed E-state index contributed by atoms with van der Waals surface area (Å²) in [6.07, 6.45) is 5.04. The van der Waals surface area contributed by atoms with Gasteiger partial charge in [-0.3, -0.25) is 4.98 Å². The molecular formula is C13H21BrN2O. The number of methoxy groups -OCH3 is 1. The number of aryl methyl sites for hydroxylation is 1. The first-order chi connectivity index (χ1) is 8.26. The van der Waals surface area contributed by atoms with Crippen molar-refractivity contribution in [2.45, 2.75) is 32.2 Å². The van der Waals surface area contributed by atoms with Gasteiger partial charge in [-0.05, 0) is 53.9 Å². The van der Waals surface area contributed by atoms with E-state index >= 15 is 0 Å². The summed E-state index contributed by atoms with van der Waals surface area (Å²) in [6.45, 7) is 3.98. The number of nitrogens with one attached hydrogen (secondary N) is 1. The van der Waals surface area contributed by atoms with Gasteiger partial charge in [0.1, 0.15) is 0 Å². The molecule has 1 N–H and O–H groups in total. The molecule has 0 radical (unpaired) electrons. The van der Waals surface area contributed by atoms with Crippen molar-refractivity contribution in [2.75, 3.05) is 20.3 Å². The first-order valence-corrected chi connectivity index (χ1v) is 6.88. The number of rotatable bonds is 8. The van der Waals surface area contributed by atoms with Crippen molar-refractivity contribution in [1.82, 2.24) is 10.3 Å². The molecule has 0 aliphatic heterocycles. The third-order valence-electron chi connectivity index (χ3n) is 2.59. The van der Waals surface area contributed by atoms with E-state index in [1.807, 2.05) is 12.3 Å². The van der Waals surface area contributed by atoms with E-state index in [1.165, 1.54) is 0 Å². The zero-order valence-electron chi connectivity index (χ0n) is 10.6. The molecule has 0 aromatic carbocycles. The average molecular weight is 301 g/mol. The van der Waals surface area contributed by atoms with Crippen LogP contribution in [0.15, 0.2) is 22.8 Å². The Kier molecular flexibility index (Phi) is 7.40. The quantitative estimate of drug-likeness (QED) is 0.802. The summed E-state index contributed by atoms with van der Waals surface area (Å²) in [5.41, 5.74) is 1.13. The van der Waals surface area contributed by atoms with Crippen LogP contribution in [0.3, 0.4) is 0 Å². The number of hydrogen-bond donors (Lipinski definition) is 1. The molecular weight excluding hydrogens is 280 g/mol. The normalized spacial score (nSPS) is 12.6. The van der Waals surface area contributed by atoms with Gasteiger partial charge in [-0.25, -0.2) is 0 Å². The second-order valence-corrected chi connectivity index (χ2v) is 5.03. The topological polar surface area (TPSA) is 34.2 Å². The van der Waals surface area contributed by atoms with E-state index in [1.54, 1.807) is 7.11 Å². The molecule has 0 aliphatic carbocycles. The van der Waals surface area contributed by atoms with Gasteiger partial charge in [-0.15, -0.1) is 0 Å². The second-order valence-electron chi connectivity index (χ2n) is 4.11. The Morgan fingerprint density at radius 3 is 2.88 bits per heavy atom. The summed E-state index contributed by atoms with van der Waals surface area (Å²) < 4.78 is 6.24. The molecule has 17 heavy (non-hydrogen) atoms. The highest BCUT2D eigenvalue weighted by atomic mass is 79.9. The van der Waals surface area contributed by atoms with Crippen molar-refractivity contribution in [3.63, 3.8) is 0 Å². The van der Waals surface area contributed by atoms with Gasteiger partial charge in [0, 0.05) is 29.5 Å². The molecule has 0 amide bonds. The molecule has 1 heterocycles. The van der Waals surface area contributed by atoms with Crippen LogP contribution in [-0.4, -0.2) is 31.3 Å². The summed E-state index contributed by atoms with van der Waals surface area (Å²) >= 11 is 3.39. The summed E-state index contributed by atoms with van der Waals surface area (Å²) in [6, 6.07) is 4.52. The van der Waals surface area contributed by atoms with Crippen LogP contribution in [0.25, 0.3) is 0 Å². The first kappa shape index (κ1) is 14.6. The smallest absolute Gasteiger partial charge is 0.0615 e. The number of ether oxygens (including phenoxy) is 1. The highest BCUT2D eigenvalue weighted by Crippen LogP contribution is 2.09. The maximum atomic E-state index is 5.22. The van der Waals surface area contributed by atoms with E-state index in [4.69, 9.17) is 4.74 Å². The van der Waals surface area contributed by atoms with Gasteiger partial charge in [0.15, 0.2) is 0 Å². The monoisotopic (exact) mass is 300 g/mol. The van der Waals surface area contributed by atoms with E-state index < -0.39 is 0 Å². The van der Waals surface area contributed by atoms with Crippen LogP contribution in [0.4, 0.5) is 0 Å². The molecule has 4 heteroatoms. The van der Waals surface area contributed by atoms with Crippen LogP contribution in [0.1, 0.15) is 25.5 Å². The lowest BCUT2D eigenvalue weighted by molar-refractivity contribution is 0.162. The van der Waals surface area contributed by atoms with Crippen molar-refractivity contribution in [3.8, 4) is 0 Å². The Hall–Kier alpha value is -0.450. The summed E-state index contributed by atoms with van der Waals surface area (Å²) in [5.74, 6) is 0. The SMILES string of the molecule is CCCNC(CCc1ccc(Br)cn1)COC. The third kappa shape index (κ3) is 6.15. The van der Waals surface area contributed by atoms with Gasteiger partial charge in [0.05, 0.1) is 6.61 Å². The van der Waals surface area contributed by atoms with Crippen LogP contribution in [0.2, 0.25) is 0 Å². The Morgan fingerprint density at radius 2 is 2.29 bits per heavy atom. The molecule has 96 valence electrons. The zero-order chi connectivity index (χ0) is 12.5. The lowest BCUT2D eigenvalue weighted by Gasteiger charge is -2.17. The molecule has 1 atom stereocenters. The lowest BCUT2D eigenvalue weighted by Crippen LogP contribution is -2.34. The summed E-state index contributed by atoms with van der Waals surface area (Å²) in [5, 5.41) is 3.49. The second kappa shape index (κ2) is 8.61. The standard InChI is InChI=1S/C13H21BrN2O/c1-3-8-15-13(10-17-2)7-6-12-5-4-11(14)9-16-12/h4-5,9,13,15H,3,6-8,10H2,1-2H3. The zero-order valence-corrected chi connectivity index (χ0v) is 12.2. The Bertz CT molecular complexity index is 303. The van der Waals surface area contributed by atoms with Gasteiger partial charge >= 0.3 is 0 Å². The Labute approximate surface area is 112 Å². The van der Waals surface area contributed by atoms with Gasteiger partial charge in [-0.2, -0.15) is 0 Å². The molecule has 1 unspecified atom stereocenters. The fraction of sp³-hybridized carbons (Fsp3) is 0.615. The molecule has 0 aliphatic rings. The maximum Gasteiger partial charge on any atom is 0.0615 e. The molecule has 3 nitrogen and oxygen atoms in total. The lowest BCUT2D eigenvalue weighted by atomic mass is 10.1. The molecule has 0 saturated heterocycles. The fourth-order valence-corrected chi connectivity index (χ4v) is 1.90. The maximum absolute atomic E-state index is 5.22. The van der Waals surface area contributed by atoms with Crippen molar-refractivity contribution in [3.05, 3.63) is 28.5 Å². The minimum absolute atomic E-state index is 0.422. The largest absolute Gasteiger partial charge is 0.383 e. The van der Waals surface area contributed by atoms with Crippen LogP contribution < -0.4 is 5.32 Å². The molecule has 0 spiro atoms. The van der Waals surface area contributed by atoms with Crippen molar-refractivity contribution < 1.29 is 4.74 Å². The van der Waals surface area contributed by atoms with Gasteiger partial charge in [-0.1, -0.05) is 6.92 Å². The fourth-order valence-electron chi connectivity index (χ4n) is 1.67. The highest BCUT2D eigenvalue weighted by molar-refractivity contribution is 9.10. The van der Waals surface area contributed by atoms with Crippen LogP contribution in [0.5, 0.6) is 0 Å². The number of halogens is 1. The van der Waals surface area contributed by atoms with E-state index in [-0.39, 0.29) is 0 Å². The predicted molar refractivity (Wildman–Crippen MR) is 74.2 cm³/mol. The number of pyridine rings is 1. The third-order valence-corrected chi connectivity index (χ3v) is 3.06. The van der Waals surface area contributed by atoms with Crippen molar-refractivity contribution in [1.29, 1.82) is 0 Å². The van der Waals surface area contributed by atoms with E-state index in [2.05, 4.69) is 39.2 Å². The van der Waals surface area contributed by atoms with E-state index in [0.717, 1.165) is 42.6 Å². The minimum Gasteiger partial charge on any atom is -0.383 e. The van der Waals surface area contributed by atoms with Crippen LogP contribution in [0, 0.1) is 0 Å². The van der Waals surface area contributed by atoms with Gasteiger partial charge in [0.25, 0.3) is 0 Å². The summed E-state index contributed by atoms with van der Waals surface area (Å²) in [4.78, 5) is 4.38. The number of aromatic nitrogens is 1. The Morgan fingerprint density at radius 1 is 1.47 bits per heavy atom. The molecule has 1 rings (SSSR count). The highest BCUT2D eigenvalue weighted by Gasteiger charge is 2.07. The number of nitrogens with zero attached hydrogens (tertiary/aromatic N) is 1. The van der Waals surface area contributed by atoms with E-state index in [9.17, 15) is 0 Å². The predicted octanol–water partition coefficient (Wildman–Crippen LogP) is 2.79. The number of hydrogen-bond acceptors (Lipinski definition) is 3.